The predicted molar refractivity (Wildman–Crippen MR) is 149 cm³/mol. The molecule has 0 aromatic heterocycles. The molecular formula is C29H34ClN3O6. The van der Waals surface area contributed by atoms with Crippen LogP contribution in [0.5, 0.6) is 11.5 Å². The molecular weight excluding hydrogens is 522 g/mol. The number of nitrogens with one attached hydrogen (secondary N) is 2. The van der Waals surface area contributed by atoms with Crippen LogP contribution in [0.25, 0.3) is 0 Å². The highest BCUT2D eigenvalue weighted by atomic mass is 35.5. The molecule has 10 heteroatoms. The molecule has 2 aliphatic rings. The van der Waals surface area contributed by atoms with E-state index in [9.17, 15) is 19.5 Å². The van der Waals surface area contributed by atoms with Crippen molar-refractivity contribution in [1.82, 2.24) is 5.32 Å². The third-order valence-electron chi connectivity index (χ3n) is 6.84. The number of rotatable bonds is 7. The van der Waals surface area contributed by atoms with E-state index in [4.69, 9.17) is 21.1 Å². The molecule has 2 aromatic rings. The van der Waals surface area contributed by atoms with E-state index >= 15 is 0 Å². The van der Waals surface area contributed by atoms with Crippen molar-refractivity contribution in [2.45, 2.75) is 52.5 Å². The lowest BCUT2D eigenvalue weighted by Gasteiger charge is -2.37. The van der Waals surface area contributed by atoms with Crippen molar-refractivity contribution in [2.75, 3.05) is 30.5 Å². The molecule has 2 aromatic carbocycles. The van der Waals surface area contributed by atoms with Crippen LogP contribution in [-0.2, 0) is 14.3 Å². The fourth-order valence-electron chi connectivity index (χ4n) is 4.96. The first-order chi connectivity index (χ1) is 18.6. The van der Waals surface area contributed by atoms with Crippen LogP contribution in [0, 0.1) is 5.41 Å². The number of hydrogen-bond donors (Lipinski definition) is 3. The molecule has 208 valence electrons. The Morgan fingerprint density at radius 2 is 2.00 bits per heavy atom. The van der Waals surface area contributed by atoms with Gasteiger partial charge >= 0.3 is 6.09 Å². The molecule has 2 amide bonds. The number of nitrogens with zero attached hydrogens (tertiary/aromatic N) is 1. The molecule has 1 aliphatic heterocycles. The molecule has 0 saturated carbocycles. The number of unbranched alkanes of at least 4 members (excludes halogenated alkanes) is 1. The topological polar surface area (TPSA) is 117 Å². The predicted octanol–water partition coefficient (Wildman–Crippen LogP) is 5.72. The van der Waals surface area contributed by atoms with Gasteiger partial charge in [0.25, 0.3) is 5.91 Å². The maximum absolute atomic E-state index is 13.8. The van der Waals surface area contributed by atoms with Gasteiger partial charge in [0.2, 0.25) is 0 Å². The minimum Gasteiger partial charge on any atom is -0.506 e. The number of fused-ring (bicyclic) bond motifs is 1. The number of anilines is 2. The maximum atomic E-state index is 13.8. The molecule has 0 saturated heterocycles. The number of allylic oxidation sites excluding steroid dienone is 1. The van der Waals surface area contributed by atoms with Gasteiger partial charge < -0.3 is 25.2 Å². The quantitative estimate of drug-likeness (QED) is 0.295. The van der Waals surface area contributed by atoms with Crippen molar-refractivity contribution in [3.8, 4) is 11.5 Å². The molecule has 39 heavy (non-hydrogen) atoms. The Bertz CT molecular complexity index is 1320. The van der Waals surface area contributed by atoms with Crippen LogP contribution in [0.15, 0.2) is 47.7 Å². The number of halogens is 1. The second-order valence-corrected chi connectivity index (χ2v) is 10.9. The van der Waals surface area contributed by atoms with Crippen molar-refractivity contribution >= 4 is 40.8 Å². The lowest BCUT2D eigenvalue weighted by atomic mass is 9.73. The third kappa shape index (κ3) is 5.98. The number of hydrogen-bond acceptors (Lipinski definition) is 7. The minimum atomic E-state index is -0.992. The summed E-state index contributed by atoms with van der Waals surface area (Å²) >= 11 is 6.82. The van der Waals surface area contributed by atoms with E-state index in [0.717, 1.165) is 12.8 Å². The first-order valence-electron chi connectivity index (χ1n) is 13.0. The Labute approximate surface area is 233 Å². The SMILES string of the molecule is CCCCOc1ccc(C2C3=C(CC(C)(C)CC3=O)Nc3c(O)cccc3N2C(=O)OCC(=O)NC)c(Cl)c1. The molecule has 9 nitrogen and oxygen atoms in total. The number of amides is 2. The number of ketones is 1. The van der Waals surface area contributed by atoms with Crippen LogP contribution in [0.1, 0.15) is 58.1 Å². The normalized spacial score (nSPS) is 17.9. The molecule has 3 N–H and O–H groups in total. The zero-order chi connectivity index (χ0) is 28.3. The van der Waals surface area contributed by atoms with Crippen molar-refractivity contribution in [3.05, 3.63) is 58.3 Å². The third-order valence-corrected chi connectivity index (χ3v) is 7.17. The first kappa shape index (κ1) is 28.3. The molecule has 1 heterocycles. The van der Waals surface area contributed by atoms with E-state index in [2.05, 4.69) is 17.6 Å². The summed E-state index contributed by atoms with van der Waals surface area (Å²) in [6.07, 6.45) is 1.75. The van der Waals surface area contributed by atoms with Crippen LogP contribution >= 0.6 is 11.6 Å². The zero-order valence-corrected chi connectivity index (χ0v) is 23.4. The number of benzene rings is 2. The van der Waals surface area contributed by atoms with Crippen LogP contribution in [-0.4, -0.2) is 43.2 Å². The summed E-state index contributed by atoms with van der Waals surface area (Å²) in [6.45, 7) is 6.07. The summed E-state index contributed by atoms with van der Waals surface area (Å²) in [5, 5.41) is 16.8. The van der Waals surface area contributed by atoms with Gasteiger partial charge in [-0.3, -0.25) is 14.5 Å². The average Bonchev–Trinajstić information content (AvgIpc) is 3.02. The Balaban J connectivity index is 1.92. The second kappa shape index (κ2) is 11.6. The van der Waals surface area contributed by atoms with Gasteiger partial charge in [-0.25, -0.2) is 4.79 Å². The summed E-state index contributed by atoms with van der Waals surface area (Å²) in [4.78, 5) is 40.7. The number of likely N-dealkylation sites (N-methyl/N-ethyl adjacent to an activating group) is 1. The highest BCUT2D eigenvalue weighted by molar-refractivity contribution is 6.31. The van der Waals surface area contributed by atoms with Gasteiger partial charge in [-0.15, -0.1) is 0 Å². The number of carbonyl (C=O) groups excluding carboxylic acids is 3. The van der Waals surface area contributed by atoms with Crippen LogP contribution in [0.2, 0.25) is 5.02 Å². The first-order valence-corrected chi connectivity index (χ1v) is 13.4. The Morgan fingerprint density at radius 3 is 2.69 bits per heavy atom. The molecule has 0 fully saturated rings. The number of phenols is 1. The summed E-state index contributed by atoms with van der Waals surface area (Å²) < 4.78 is 11.2. The summed E-state index contributed by atoms with van der Waals surface area (Å²) in [5.74, 6) is -0.188. The van der Waals surface area contributed by atoms with Gasteiger partial charge in [0.05, 0.1) is 18.3 Å². The van der Waals surface area contributed by atoms with Crippen LogP contribution in [0.3, 0.4) is 0 Å². The van der Waals surface area contributed by atoms with Crippen molar-refractivity contribution in [2.24, 2.45) is 5.41 Å². The van der Waals surface area contributed by atoms with E-state index in [1.54, 1.807) is 30.3 Å². The monoisotopic (exact) mass is 555 g/mol. The molecule has 4 rings (SSSR count). The largest absolute Gasteiger partial charge is 0.506 e. The van der Waals surface area contributed by atoms with E-state index in [0.29, 0.717) is 40.6 Å². The lowest BCUT2D eigenvalue weighted by Crippen LogP contribution is -2.41. The summed E-state index contributed by atoms with van der Waals surface area (Å²) in [5.41, 5.74) is 1.60. The summed E-state index contributed by atoms with van der Waals surface area (Å²) in [6, 6.07) is 8.89. The Morgan fingerprint density at radius 1 is 1.23 bits per heavy atom. The molecule has 1 aliphatic carbocycles. The molecule has 0 spiro atoms. The zero-order valence-electron chi connectivity index (χ0n) is 22.6. The smallest absolute Gasteiger partial charge is 0.415 e. The molecule has 1 unspecified atom stereocenters. The maximum Gasteiger partial charge on any atom is 0.415 e. The van der Waals surface area contributed by atoms with E-state index in [-0.39, 0.29) is 34.7 Å². The summed E-state index contributed by atoms with van der Waals surface area (Å²) in [7, 11) is 1.44. The fraction of sp³-hybridized carbons (Fsp3) is 0.414. The van der Waals surface area contributed by atoms with Gasteiger partial charge in [0.1, 0.15) is 17.2 Å². The van der Waals surface area contributed by atoms with Crippen LogP contribution in [0.4, 0.5) is 16.2 Å². The standard InChI is InChI=1S/C29H34ClN3O6/c1-5-6-12-38-17-10-11-18(19(30)13-17)27-25-20(14-29(2,3)15-23(25)35)32-26-21(8-7-9-22(26)34)33(27)28(37)39-16-24(36)31-4/h7-11,13,27,32,34H,5-6,12,14-16H2,1-4H3,(H,31,36). The Hall–Kier alpha value is -3.72. The van der Waals surface area contributed by atoms with Gasteiger partial charge in [-0.05, 0) is 48.1 Å². The number of aromatic hydroxyl groups is 1. The highest BCUT2D eigenvalue weighted by Gasteiger charge is 2.45. The van der Waals surface area contributed by atoms with Crippen LogP contribution < -0.4 is 20.3 Å². The average molecular weight is 556 g/mol. The molecule has 0 bridgehead atoms. The number of ether oxygens (including phenoxy) is 2. The number of phenolic OH excluding ortho intramolecular Hbond substituents is 1. The van der Waals surface area contributed by atoms with Crippen molar-refractivity contribution in [3.63, 3.8) is 0 Å². The highest BCUT2D eigenvalue weighted by Crippen LogP contribution is 2.51. The number of carbonyl (C=O) groups is 3. The number of para-hydroxylation sites is 1. The molecule has 1 atom stereocenters. The van der Waals surface area contributed by atoms with Gasteiger partial charge in [0, 0.05) is 29.8 Å². The Kier molecular flexibility index (Phi) is 8.39. The fourth-order valence-corrected chi connectivity index (χ4v) is 5.23. The van der Waals surface area contributed by atoms with Crippen molar-refractivity contribution in [1.29, 1.82) is 0 Å². The second-order valence-electron chi connectivity index (χ2n) is 10.5. The minimum absolute atomic E-state index is 0.106. The van der Waals surface area contributed by atoms with Gasteiger partial charge in [-0.2, -0.15) is 0 Å². The van der Waals surface area contributed by atoms with Gasteiger partial charge in [0.15, 0.2) is 12.4 Å². The van der Waals surface area contributed by atoms with E-state index < -0.39 is 24.6 Å². The van der Waals surface area contributed by atoms with Crippen molar-refractivity contribution < 1.29 is 29.0 Å². The number of Topliss-reactive ketones (excluding diaryl/α,β-unsaturated/α-hetero) is 1. The van der Waals surface area contributed by atoms with E-state index in [1.165, 1.54) is 18.0 Å². The lowest BCUT2D eigenvalue weighted by molar-refractivity contribution is -0.123. The van der Waals surface area contributed by atoms with E-state index in [1.807, 2.05) is 13.8 Å². The van der Waals surface area contributed by atoms with Gasteiger partial charge in [-0.1, -0.05) is 50.9 Å². The molecule has 0 radical (unpaired) electrons.